The average Bonchev–Trinajstić information content (AvgIpc) is 2.93. The first-order valence-corrected chi connectivity index (χ1v) is 14.9. The van der Waals surface area contributed by atoms with Crippen molar-refractivity contribution in [1.82, 2.24) is 10.2 Å². The Morgan fingerprint density at radius 1 is 0.951 bits per heavy atom. The highest BCUT2D eigenvalue weighted by molar-refractivity contribution is 7.92. The average molecular weight is 590 g/mol. The molecule has 220 valence electrons. The molecule has 0 spiro atoms. The van der Waals surface area contributed by atoms with Crippen LogP contribution in [0.5, 0.6) is 0 Å². The van der Waals surface area contributed by atoms with E-state index in [2.05, 4.69) is 5.32 Å². The van der Waals surface area contributed by atoms with Crippen LogP contribution in [0.3, 0.4) is 0 Å². The normalized spacial score (nSPS) is 12.4. The van der Waals surface area contributed by atoms with E-state index in [0.717, 1.165) is 45.5 Å². The van der Waals surface area contributed by atoms with Crippen molar-refractivity contribution in [3.63, 3.8) is 0 Å². The third-order valence-corrected chi connectivity index (χ3v) is 7.93. The maximum atomic E-state index is 13.7. The van der Waals surface area contributed by atoms with Crippen molar-refractivity contribution in [3.05, 3.63) is 101 Å². The number of nitrogens with one attached hydrogen (secondary N) is 1. The molecule has 0 bridgehead atoms. The largest absolute Gasteiger partial charge is 0.416 e. The Balaban J connectivity index is 1.87. The monoisotopic (exact) mass is 589 g/mol. The number of anilines is 1. The summed E-state index contributed by atoms with van der Waals surface area (Å²) in [5, 5.41) is 2.64. The number of hydrogen-bond acceptors (Lipinski definition) is 4. The van der Waals surface area contributed by atoms with Gasteiger partial charge in [-0.1, -0.05) is 60.7 Å². The number of benzene rings is 3. The summed E-state index contributed by atoms with van der Waals surface area (Å²) >= 11 is 0. The van der Waals surface area contributed by atoms with Gasteiger partial charge in [-0.3, -0.25) is 13.9 Å². The second-order valence-electron chi connectivity index (χ2n) is 9.75. The van der Waals surface area contributed by atoms with Gasteiger partial charge in [-0.05, 0) is 48.2 Å². The van der Waals surface area contributed by atoms with Crippen molar-refractivity contribution in [2.45, 2.75) is 44.9 Å². The van der Waals surface area contributed by atoms with Gasteiger partial charge in [-0.2, -0.15) is 13.2 Å². The number of aryl methyl sites for hydroxylation is 1. The molecular weight excluding hydrogens is 555 g/mol. The van der Waals surface area contributed by atoms with E-state index < -0.39 is 27.8 Å². The van der Waals surface area contributed by atoms with E-state index in [1.807, 2.05) is 61.5 Å². The Bertz CT molecular complexity index is 1450. The molecule has 3 aromatic rings. The molecule has 0 saturated carbocycles. The quantitative estimate of drug-likeness (QED) is 0.324. The van der Waals surface area contributed by atoms with Gasteiger partial charge in [0.15, 0.2) is 0 Å². The second kappa shape index (κ2) is 13.7. The van der Waals surface area contributed by atoms with Gasteiger partial charge in [0.05, 0.1) is 17.5 Å². The van der Waals surface area contributed by atoms with Crippen LogP contribution < -0.4 is 9.62 Å². The maximum absolute atomic E-state index is 13.7. The van der Waals surface area contributed by atoms with Gasteiger partial charge in [0.2, 0.25) is 21.8 Å². The Kier molecular flexibility index (Phi) is 10.6. The molecule has 0 saturated heterocycles. The third kappa shape index (κ3) is 8.81. The predicted molar refractivity (Wildman–Crippen MR) is 153 cm³/mol. The van der Waals surface area contributed by atoms with Crippen molar-refractivity contribution in [3.8, 4) is 0 Å². The molecule has 1 atom stereocenters. The Labute approximate surface area is 239 Å². The number of likely N-dealkylation sites (N-methyl/N-ethyl adjacent to an activating group) is 1. The smallest absolute Gasteiger partial charge is 0.357 e. The molecule has 0 aliphatic carbocycles. The zero-order valence-electron chi connectivity index (χ0n) is 23.2. The summed E-state index contributed by atoms with van der Waals surface area (Å²) in [6.07, 6.45) is -3.57. The zero-order valence-corrected chi connectivity index (χ0v) is 24.0. The fraction of sp³-hybridized carbons (Fsp3) is 0.333. The standard InChI is InChI=1S/C30H34F3N3O4S/c1-22-11-7-8-14-24(22)21-35(27(29(38)34-2)19-23-12-5-4-6-13-23)28(37)17-10-18-36(41(3,39)40)26-16-9-15-25(20-26)30(31,32)33/h4-9,11-16,20,27H,10,17-19,21H2,1-3H3,(H,34,38)/t27-/m1/s1. The van der Waals surface area contributed by atoms with Crippen molar-refractivity contribution in [2.75, 3.05) is 24.2 Å². The minimum Gasteiger partial charge on any atom is -0.357 e. The molecule has 3 rings (SSSR count). The van der Waals surface area contributed by atoms with Crippen LogP contribution in [-0.4, -0.2) is 51.0 Å². The van der Waals surface area contributed by atoms with E-state index in [-0.39, 0.29) is 49.9 Å². The van der Waals surface area contributed by atoms with Crippen LogP contribution in [-0.2, 0) is 38.8 Å². The number of sulfonamides is 1. The summed E-state index contributed by atoms with van der Waals surface area (Å²) in [7, 11) is -2.45. The number of rotatable bonds is 12. The van der Waals surface area contributed by atoms with Crippen LogP contribution in [0.1, 0.15) is 35.1 Å². The minimum atomic E-state index is -4.64. The van der Waals surface area contributed by atoms with Crippen LogP contribution >= 0.6 is 0 Å². The van der Waals surface area contributed by atoms with Gasteiger partial charge in [0.25, 0.3) is 0 Å². The first kappa shape index (κ1) is 31.7. The van der Waals surface area contributed by atoms with E-state index in [1.165, 1.54) is 18.0 Å². The van der Waals surface area contributed by atoms with E-state index in [9.17, 15) is 31.2 Å². The third-order valence-electron chi connectivity index (χ3n) is 6.73. The van der Waals surface area contributed by atoms with E-state index >= 15 is 0 Å². The van der Waals surface area contributed by atoms with Gasteiger partial charge in [-0.15, -0.1) is 0 Å². The molecule has 0 unspecified atom stereocenters. The SMILES string of the molecule is CNC(=O)[C@@H](Cc1ccccc1)N(Cc1ccccc1C)C(=O)CCCN(c1cccc(C(F)(F)F)c1)S(C)(=O)=O. The molecule has 0 aliphatic rings. The van der Waals surface area contributed by atoms with Gasteiger partial charge in [0, 0.05) is 33.0 Å². The first-order chi connectivity index (χ1) is 19.3. The second-order valence-corrected chi connectivity index (χ2v) is 11.7. The Hall–Kier alpha value is -3.86. The number of amides is 2. The summed E-state index contributed by atoms with van der Waals surface area (Å²) in [6.45, 7) is 1.84. The highest BCUT2D eigenvalue weighted by Crippen LogP contribution is 2.32. The molecule has 7 nitrogen and oxygen atoms in total. The Morgan fingerprint density at radius 2 is 1.61 bits per heavy atom. The maximum Gasteiger partial charge on any atom is 0.416 e. The van der Waals surface area contributed by atoms with E-state index in [0.29, 0.717) is 0 Å². The first-order valence-electron chi connectivity index (χ1n) is 13.1. The van der Waals surface area contributed by atoms with E-state index in [1.54, 1.807) is 0 Å². The van der Waals surface area contributed by atoms with E-state index in [4.69, 9.17) is 0 Å². The molecular formula is C30H34F3N3O4S. The number of carbonyl (C=O) groups excluding carboxylic acids is 2. The summed E-state index contributed by atoms with van der Waals surface area (Å²) in [5.41, 5.74) is 1.53. The summed E-state index contributed by atoms with van der Waals surface area (Å²) in [6, 6.07) is 20.0. The lowest BCUT2D eigenvalue weighted by molar-refractivity contribution is -0.141. The molecule has 0 radical (unpaired) electrons. The number of carbonyl (C=O) groups is 2. The van der Waals surface area contributed by atoms with Crippen LogP contribution in [0.4, 0.5) is 18.9 Å². The van der Waals surface area contributed by atoms with Crippen LogP contribution in [0, 0.1) is 6.92 Å². The van der Waals surface area contributed by atoms with Gasteiger partial charge in [-0.25, -0.2) is 8.42 Å². The molecule has 2 amide bonds. The lowest BCUT2D eigenvalue weighted by Crippen LogP contribution is -2.50. The summed E-state index contributed by atoms with van der Waals surface area (Å²) < 4.78 is 65.7. The zero-order chi connectivity index (χ0) is 30.2. The Morgan fingerprint density at radius 3 is 2.22 bits per heavy atom. The van der Waals surface area contributed by atoms with Crippen molar-refractivity contribution < 1.29 is 31.2 Å². The molecule has 1 N–H and O–H groups in total. The highest BCUT2D eigenvalue weighted by Gasteiger charge is 2.32. The molecule has 0 heterocycles. The molecule has 11 heteroatoms. The highest BCUT2D eigenvalue weighted by atomic mass is 32.2. The molecule has 41 heavy (non-hydrogen) atoms. The van der Waals surface area contributed by atoms with Gasteiger partial charge >= 0.3 is 6.18 Å². The van der Waals surface area contributed by atoms with Gasteiger partial charge in [0.1, 0.15) is 6.04 Å². The number of alkyl halides is 3. The van der Waals surface area contributed by atoms with Crippen molar-refractivity contribution >= 4 is 27.5 Å². The lowest BCUT2D eigenvalue weighted by Gasteiger charge is -2.32. The summed E-state index contributed by atoms with van der Waals surface area (Å²) in [5.74, 6) is -0.729. The van der Waals surface area contributed by atoms with Gasteiger partial charge < -0.3 is 10.2 Å². The molecule has 0 fully saturated rings. The molecule has 3 aromatic carbocycles. The minimum absolute atomic E-state index is 0.0260. The van der Waals surface area contributed by atoms with Crippen LogP contribution in [0.2, 0.25) is 0 Å². The van der Waals surface area contributed by atoms with Crippen molar-refractivity contribution in [2.24, 2.45) is 0 Å². The fourth-order valence-electron chi connectivity index (χ4n) is 4.53. The number of halogens is 3. The lowest BCUT2D eigenvalue weighted by atomic mass is 10.0. The fourth-order valence-corrected chi connectivity index (χ4v) is 5.49. The van der Waals surface area contributed by atoms with Crippen LogP contribution in [0.15, 0.2) is 78.9 Å². The summed E-state index contributed by atoms with van der Waals surface area (Å²) in [4.78, 5) is 28.2. The predicted octanol–water partition coefficient (Wildman–Crippen LogP) is 4.95. The molecule has 0 aliphatic heterocycles. The van der Waals surface area contributed by atoms with Crippen molar-refractivity contribution in [1.29, 1.82) is 0 Å². The van der Waals surface area contributed by atoms with Crippen LogP contribution in [0.25, 0.3) is 0 Å². The number of nitrogens with zero attached hydrogens (tertiary/aromatic N) is 2. The molecule has 0 aromatic heterocycles. The topological polar surface area (TPSA) is 86.8 Å². The number of hydrogen-bond donors (Lipinski definition) is 1.